The Bertz CT molecular complexity index is 737. The zero-order chi connectivity index (χ0) is 34.4. The Hall–Kier alpha value is 0.308. The zero-order valence-corrected chi connectivity index (χ0v) is 34.5. The predicted molar refractivity (Wildman–Crippen MR) is 193 cm³/mol. The Morgan fingerprint density at radius 1 is 0.522 bits per heavy atom. The van der Waals surface area contributed by atoms with Gasteiger partial charge in [0, 0.05) is 105 Å². The van der Waals surface area contributed by atoms with Gasteiger partial charge in [0.2, 0.25) is 0 Å². The van der Waals surface area contributed by atoms with Crippen LogP contribution in [-0.4, -0.2) is 151 Å². The van der Waals surface area contributed by atoms with Gasteiger partial charge in [-0.3, -0.25) is 19.1 Å². The SMILES string of the molecule is CCO[Si]1(OCC)CCCN1.CCO[Si]1(OCC)CCCN1CCN.CO[Si]1(OC)CCCN1.CO[Si]1(OC)CCCN1CCN. The maximum Gasteiger partial charge on any atom is 0.427 e. The first-order valence-electron chi connectivity index (χ1n) is 17.4. The second-order valence-electron chi connectivity index (χ2n) is 11.3. The second kappa shape index (κ2) is 24.5. The van der Waals surface area contributed by atoms with Crippen LogP contribution in [0.1, 0.15) is 53.4 Å². The van der Waals surface area contributed by atoms with Crippen molar-refractivity contribution in [2.45, 2.75) is 77.6 Å². The molecule has 4 aliphatic heterocycles. The maximum atomic E-state index is 5.88. The van der Waals surface area contributed by atoms with Gasteiger partial charge in [0.1, 0.15) is 0 Å². The van der Waals surface area contributed by atoms with Crippen molar-refractivity contribution in [1.82, 2.24) is 19.1 Å². The molecule has 0 bridgehead atoms. The van der Waals surface area contributed by atoms with E-state index in [1.807, 2.05) is 27.7 Å². The number of hydrogen-bond acceptors (Lipinski definition) is 14. The molecular weight excluding hydrogens is 661 g/mol. The van der Waals surface area contributed by atoms with Gasteiger partial charge < -0.3 is 46.9 Å². The van der Waals surface area contributed by atoms with E-state index in [2.05, 4.69) is 19.1 Å². The van der Waals surface area contributed by atoms with Crippen molar-refractivity contribution in [2.75, 3.05) is 107 Å². The molecule has 4 rings (SSSR count). The van der Waals surface area contributed by atoms with E-state index >= 15 is 0 Å². The first-order valence-corrected chi connectivity index (χ1v) is 25.4. The Morgan fingerprint density at radius 2 is 0.935 bits per heavy atom. The topological polar surface area (TPSA) is 156 Å². The first kappa shape index (κ1) is 44.3. The number of nitrogens with two attached hydrogens (primary N) is 2. The van der Waals surface area contributed by atoms with Crippen LogP contribution in [0.2, 0.25) is 24.2 Å². The molecule has 0 aromatic heterocycles. The van der Waals surface area contributed by atoms with Crippen molar-refractivity contribution < 1.29 is 35.4 Å². The summed E-state index contributed by atoms with van der Waals surface area (Å²) in [7, 11) is -0.805. The van der Waals surface area contributed by atoms with Crippen molar-refractivity contribution in [3.05, 3.63) is 0 Å². The molecule has 0 spiro atoms. The van der Waals surface area contributed by atoms with E-state index in [0.29, 0.717) is 13.1 Å². The lowest BCUT2D eigenvalue weighted by molar-refractivity contribution is 0.137. The van der Waals surface area contributed by atoms with Gasteiger partial charge in [-0.2, -0.15) is 0 Å². The minimum absolute atomic E-state index is 0.682. The fourth-order valence-electron chi connectivity index (χ4n) is 6.45. The summed E-state index contributed by atoms with van der Waals surface area (Å²) in [5, 5.41) is 0. The van der Waals surface area contributed by atoms with Gasteiger partial charge >= 0.3 is 34.9 Å². The summed E-state index contributed by atoms with van der Waals surface area (Å²) in [6, 6.07) is 4.35. The van der Waals surface area contributed by atoms with Gasteiger partial charge in [-0.05, 0) is 79.6 Å². The maximum absolute atomic E-state index is 5.88. The third-order valence-electron chi connectivity index (χ3n) is 8.55. The van der Waals surface area contributed by atoms with Crippen molar-refractivity contribution in [2.24, 2.45) is 11.5 Å². The average Bonchev–Trinajstić information content (AvgIpc) is 3.88. The summed E-state index contributed by atoms with van der Waals surface area (Å²) in [5.41, 5.74) is 11.1. The first-order chi connectivity index (χ1) is 22.2. The number of rotatable bonds is 16. The fraction of sp³-hybridized carbons (Fsp3) is 1.00. The van der Waals surface area contributed by atoms with E-state index in [-0.39, 0.29) is 0 Å². The monoisotopic (exact) mass is 730 g/mol. The van der Waals surface area contributed by atoms with E-state index in [1.165, 1.54) is 25.7 Å². The van der Waals surface area contributed by atoms with Crippen LogP contribution in [0.5, 0.6) is 0 Å². The molecule has 4 heterocycles. The molecule has 0 aromatic rings. The summed E-state index contributed by atoms with van der Waals surface area (Å²) in [6.45, 7) is 18.6. The lowest BCUT2D eigenvalue weighted by Gasteiger charge is -2.33. The van der Waals surface area contributed by atoms with Gasteiger partial charge in [0.05, 0.1) is 0 Å². The molecule has 14 nitrogen and oxygen atoms in total. The van der Waals surface area contributed by atoms with Crippen LogP contribution in [0.25, 0.3) is 0 Å². The van der Waals surface area contributed by atoms with Crippen LogP contribution in [0.3, 0.4) is 0 Å². The van der Waals surface area contributed by atoms with Gasteiger partial charge in [-0.1, -0.05) is 0 Å². The fourth-order valence-corrected chi connectivity index (χ4v) is 18.1. The average molecular weight is 731 g/mol. The van der Waals surface area contributed by atoms with Gasteiger partial charge in [0.25, 0.3) is 0 Å². The van der Waals surface area contributed by atoms with Gasteiger partial charge in [-0.25, -0.2) is 0 Å². The molecule has 46 heavy (non-hydrogen) atoms. The highest BCUT2D eigenvalue weighted by Gasteiger charge is 2.48. The molecule has 0 atom stereocenters. The zero-order valence-electron chi connectivity index (χ0n) is 30.5. The molecule has 18 heteroatoms. The van der Waals surface area contributed by atoms with Crippen LogP contribution in [-0.2, 0) is 35.4 Å². The van der Waals surface area contributed by atoms with E-state index < -0.39 is 34.9 Å². The molecule has 4 fully saturated rings. The highest BCUT2D eigenvalue weighted by atomic mass is 28.4. The molecule has 6 N–H and O–H groups in total. The minimum Gasteiger partial charge on any atom is -0.386 e. The van der Waals surface area contributed by atoms with Crippen LogP contribution >= 0.6 is 0 Å². The Labute approximate surface area is 285 Å². The molecular formula is C28H70N6O8Si4. The van der Waals surface area contributed by atoms with Crippen LogP contribution in [0.4, 0.5) is 0 Å². The van der Waals surface area contributed by atoms with Crippen molar-refractivity contribution in [3.63, 3.8) is 0 Å². The van der Waals surface area contributed by atoms with Crippen LogP contribution in [0.15, 0.2) is 0 Å². The normalized spacial score (nSPS) is 22.8. The molecule has 0 radical (unpaired) electrons. The number of nitrogens with one attached hydrogen (secondary N) is 2. The molecule has 276 valence electrons. The summed E-state index contributed by atoms with van der Waals surface area (Å²) in [4.78, 5) is 6.63. The van der Waals surface area contributed by atoms with Crippen LogP contribution in [0, 0.1) is 0 Å². The lowest BCUT2D eigenvalue weighted by Crippen LogP contribution is -2.55. The number of nitrogens with zero attached hydrogens (tertiary/aromatic N) is 2. The Morgan fingerprint density at radius 3 is 1.26 bits per heavy atom. The molecule has 0 aromatic carbocycles. The summed E-state index contributed by atoms with van der Waals surface area (Å²) in [6.07, 6.45) is 4.75. The predicted octanol–water partition coefficient (Wildman–Crippen LogP) is 1.75. The van der Waals surface area contributed by atoms with E-state index in [4.69, 9.17) is 46.9 Å². The van der Waals surface area contributed by atoms with E-state index in [0.717, 1.165) is 89.9 Å². The highest BCUT2D eigenvalue weighted by molar-refractivity contribution is 6.66. The highest BCUT2D eigenvalue weighted by Crippen LogP contribution is 2.28. The third kappa shape index (κ3) is 13.6. The molecule has 0 saturated carbocycles. The van der Waals surface area contributed by atoms with Crippen molar-refractivity contribution in [1.29, 1.82) is 0 Å². The Balaban J connectivity index is 0.000000310. The smallest absolute Gasteiger partial charge is 0.386 e. The minimum atomic E-state index is -2.03. The summed E-state index contributed by atoms with van der Waals surface area (Å²) >= 11 is 0. The quantitative estimate of drug-likeness (QED) is 0.170. The largest absolute Gasteiger partial charge is 0.427 e. The van der Waals surface area contributed by atoms with E-state index in [9.17, 15) is 0 Å². The third-order valence-corrected chi connectivity index (χ3v) is 22.5. The summed E-state index contributed by atoms with van der Waals surface area (Å²) < 4.78 is 49.2. The van der Waals surface area contributed by atoms with Crippen molar-refractivity contribution in [3.8, 4) is 0 Å². The molecule has 0 unspecified atom stereocenters. The van der Waals surface area contributed by atoms with Crippen molar-refractivity contribution >= 4 is 34.9 Å². The lowest BCUT2D eigenvalue weighted by atomic mass is 10.5. The second-order valence-corrected chi connectivity index (χ2v) is 23.9. The standard InChI is InChI=1S/C9H22N2O2Si.C7H18N2O2Si.C7H17NO2Si.C5H13NO2Si/c1-3-12-14(13-4-2)9-5-7-11(14)8-6-10;1-10-12(11-2)7-3-5-9(12)6-4-8;1-3-9-11(10-4-2)7-5-6-8-11;1-7-9(8-2)5-3-4-6-9/h3-10H2,1-2H3;3-8H2,1-2H3;8H,3-7H2,1-2H3;6H,3-5H2,1-2H3. The summed E-state index contributed by atoms with van der Waals surface area (Å²) in [5.74, 6) is 0. The van der Waals surface area contributed by atoms with E-state index in [1.54, 1.807) is 28.4 Å². The Kier molecular flexibility index (Phi) is 23.6. The molecule has 0 amide bonds. The number of hydrogen-bond donors (Lipinski definition) is 4. The van der Waals surface area contributed by atoms with Gasteiger partial charge in [-0.15, -0.1) is 0 Å². The van der Waals surface area contributed by atoms with Gasteiger partial charge in [0.15, 0.2) is 0 Å². The molecule has 4 saturated heterocycles. The molecule has 4 aliphatic rings. The van der Waals surface area contributed by atoms with Crippen LogP contribution < -0.4 is 21.4 Å². The molecule has 0 aliphatic carbocycles.